The van der Waals surface area contributed by atoms with Crippen molar-refractivity contribution in [3.05, 3.63) is 24.3 Å². The summed E-state index contributed by atoms with van der Waals surface area (Å²) < 4.78 is 0. The van der Waals surface area contributed by atoms with Gasteiger partial charge in [0, 0.05) is 6.42 Å². The van der Waals surface area contributed by atoms with E-state index in [4.69, 9.17) is 5.11 Å². The Morgan fingerprint density at radius 2 is 2.00 bits per heavy atom. The van der Waals surface area contributed by atoms with E-state index < -0.39 is 5.97 Å². The molecular formula is C10H14O3. The van der Waals surface area contributed by atoms with E-state index in [9.17, 15) is 9.59 Å². The Morgan fingerprint density at radius 1 is 1.38 bits per heavy atom. The molecule has 3 nitrogen and oxygen atoms in total. The molecular weight excluding hydrogens is 168 g/mol. The van der Waals surface area contributed by atoms with Crippen molar-refractivity contribution in [3.8, 4) is 0 Å². The second-order valence-electron chi connectivity index (χ2n) is 2.92. The normalized spacial score (nSPS) is 10.2. The molecule has 0 aliphatic rings. The number of carboxylic acid groups (broad SMARTS) is 1. The first-order valence-corrected chi connectivity index (χ1v) is 4.08. The van der Waals surface area contributed by atoms with Gasteiger partial charge < -0.3 is 5.11 Å². The summed E-state index contributed by atoms with van der Waals surface area (Å²) in [5, 5.41) is 8.29. The van der Waals surface area contributed by atoms with E-state index in [0.29, 0.717) is 6.42 Å². The summed E-state index contributed by atoms with van der Waals surface area (Å²) in [5.41, 5.74) is 0.974. The largest absolute Gasteiger partial charge is 0.481 e. The van der Waals surface area contributed by atoms with Gasteiger partial charge in [-0.1, -0.05) is 18.2 Å². The average Bonchev–Trinajstić information content (AvgIpc) is 2.00. The molecule has 0 aromatic heterocycles. The third-order valence-corrected chi connectivity index (χ3v) is 1.36. The second kappa shape index (κ2) is 6.17. The number of hydrogen-bond acceptors (Lipinski definition) is 2. The van der Waals surface area contributed by atoms with Crippen molar-refractivity contribution in [2.24, 2.45) is 0 Å². The molecule has 0 saturated heterocycles. The standard InChI is InChI=1S/C10H14O3/c1-8(2)4-3-5-9(11)6-7-10(12)13/h3,5H,1,4,6-7H2,2H3,(H,12,13)/b5-3+. The summed E-state index contributed by atoms with van der Waals surface area (Å²) in [6, 6.07) is 0. The van der Waals surface area contributed by atoms with Gasteiger partial charge in [-0.25, -0.2) is 0 Å². The number of allylic oxidation sites excluding steroid dienone is 3. The summed E-state index contributed by atoms with van der Waals surface area (Å²) in [5.74, 6) is -1.09. The highest BCUT2D eigenvalue weighted by atomic mass is 16.4. The lowest BCUT2D eigenvalue weighted by Crippen LogP contribution is -2.00. The third-order valence-electron chi connectivity index (χ3n) is 1.36. The molecule has 0 bridgehead atoms. The monoisotopic (exact) mass is 182 g/mol. The first-order valence-electron chi connectivity index (χ1n) is 4.08. The molecule has 72 valence electrons. The van der Waals surface area contributed by atoms with Crippen LogP contribution in [0.5, 0.6) is 0 Å². The molecule has 0 aromatic rings. The number of rotatable bonds is 6. The fourth-order valence-electron chi connectivity index (χ4n) is 0.705. The van der Waals surface area contributed by atoms with Gasteiger partial charge in [-0.2, -0.15) is 0 Å². The fraction of sp³-hybridized carbons (Fsp3) is 0.400. The van der Waals surface area contributed by atoms with E-state index >= 15 is 0 Å². The van der Waals surface area contributed by atoms with Gasteiger partial charge in [-0.3, -0.25) is 9.59 Å². The first-order chi connectivity index (χ1) is 6.02. The van der Waals surface area contributed by atoms with Crippen LogP contribution in [0.4, 0.5) is 0 Å². The van der Waals surface area contributed by atoms with Crippen molar-refractivity contribution >= 4 is 11.8 Å². The van der Waals surface area contributed by atoms with Crippen molar-refractivity contribution in [2.45, 2.75) is 26.2 Å². The van der Waals surface area contributed by atoms with Crippen molar-refractivity contribution in [3.63, 3.8) is 0 Å². The summed E-state index contributed by atoms with van der Waals surface area (Å²) in [4.78, 5) is 21.0. The molecule has 0 aliphatic carbocycles. The summed E-state index contributed by atoms with van der Waals surface area (Å²) in [6.07, 6.45) is 3.75. The number of ketones is 1. The summed E-state index contributed by atoms with van der Waals surface area (Å²) in [7, 11) is 0. The number of carbonyl (C=O) groups is 2. The molecule has 0 aromatic carbocycles. The van der Waals surface area contributed by atoms with E-state index in [1.807, 2.05) is 6.92 Å². The topological polar surface area (TPSA) is 54.4 Å². The second-order valence-corrected chi connectivity index (χ2v) is 2.92. The van der Waals surface area contributed by atoms with Gasteiger partial charge in [-0.05, 0) is 19.4 Å². The number of hydrogen-bond donors (Lipinski definition) is 1. The third kappa shape index (κ3) is 8.53. The van der Waals surface area contributed by atoms with Gasteiger partial charge in [0.15, 0.2) is 5.78 Å². The van der Waals surface area contributed by atoms with Crippen molar-refractivity contribution in [1.82, 2.24) is 0 Å². The van der Waals surface area contributed by atoms with Crippen molar-refractivity contribution in [1.29, 1.82) is 0 Å². The van der Waals surface area contributed by atoms with Crippen LogP contribution in [0.3, 0.4) is 0 Å². The number of carbonyl (C=O) groups excluding carboxylic acids is 1. The van der Waals surface area contributed by atoms with Crippen molar-refractivity contribution in [2.75, 3.05) is 0 Å². The van der Waals surface area contributed by atoms with Crippen molar-refractivity contribution < 1.29 is 14.7 Å². The molecule has 0 spiro atoms. The zero-order chi connectivity index (χ0) is 10.3. The van der Waals surface area contributed by atoms with Crippen LogP contribution in [0.15, 0.2) is 24.3 Å². The summed E-state index contributed by atoms with van der Waals surface area (Å²) in [6.45, 7) is 5.54. The number of aliphatic carboxylic acids is 1. The van der Waals surface area contributed by atoms with E-state index in [2.05, 4.69) is 6.58 Å². The minimum Gasteiger partial charge on any atom is -0.481 e. The quantitative estimate of drug-likeness (QED) is 0.504. The van der Waals surface area contributed by atoms with Gasteiger partial charge in [-0.15, -0.1) is 0 Å². The van der Waals surface area contributed by atoms with Crippen LogP contribution in [0.25, 0.3) is 0 Å². The Balaban J connectivity index is 3.67. The van der Waals surface area contributed by atoms with Crippen LogP contribution >= 0.6 is 0 Å². The SMILES string of the molecule is C=C(C)C/C=C/C(=O)CCC(=O)O. The van der Waals surface area contributed by atoms with Crippen LogP contribution < -0.4 is 0 Å². The number of carboxylic acids is 1. The molecule has 3 heteroatoms. The van der Waals surface area contributed by atoms with E-state index in [1.54, 1.807) is 6.08 Å². The molecule has 13 heavy (non-hydrogen) atoms. The first kappa shape index (κ1) is 11.6. The van der Waals surface area contributed by atoms with Crippen LogP contribution in [0.1, 0.15) is 26.2 Å². The van der Waals surface area contributed by atoms with Crippen LogP contribution in [-0.2, 0) is 9.59 Å². The minimum absolute atomic E-state index is 0.0715. The zero-order valence-corrected chi connectivity index (χ0v) is 7.75. The smallest absolute Gasteiger partial charge is 0.303 e. The molecule has 1 N–H and O–H groups in total. The molecule has 0 radical (unpaired) electrons. The Labute approximate surface area is 77.8 Å². The Hall–Kier alpha value is -1.38. The van der Waals surface area contributed by atoms with E-state index in [1.165, 1.54) is 6.08 Å². The predicted molar refractivity (Wildman–Crippen MR) is 50.4 cm³/mol. The lowest BCUT2D eigenvalue weighted by Gasteiger charge is -1.91. The molecule has 0 amide bonds. The highest BCUT2D eigenvalue weighted by molar-refractivity contribution is 5.91. The van der Waals surface area contributed by atoms with Gasteiger partial charge in [0.05, 0.1) is 6.42 Å². The highest BCUT2D eigenvalue weighted by Crippen LogP contribution is 1.98. The molecule has 0 aliphatic heterocycles. The zero-order valence-electron chi connectivity index (χ0n) is 7.75. The molecule has 0 fully saturated rings. The Morgan fingerprint density at radius 3 is 2.46 bits per heavy atom. The van der Waals surface area contributed by atoms with E-state index in [0.717, 1.165) is 5.57 Å². The highest BCUT2D eigenvalue weighted by Gasteiger charge is 2.00. The van der Waals surface area contributed by atoms with Crippen LogP contribution in [0, 0.1) is 0 Å². The fourth-order valence-corrected chi connectivity index (χ4v) is 0.705. The van der Waals surface area contributed by atoms with Gasteiger partial charge in [0.2, 0.25) is 0 Å². The van der Waals surface area contributed by atoms with E-state index in [-0.39, 0.29) is 18.6 Å². The summed E-state index contributed by atoms with van der Waals surface area (Å²) >= 11 is 0. The van der Waals surface area contributed by atoms with Gasteiger partial charge >= 0.3 is 5.97 Å². The predicted octanol–water partition coefficient (Wildman–Crippen LogP) is 1.94. The molecule has 0 unspecified atom stereocenters. The lowest BCUT2D eigenvalue weighted by atomic mass is 10.2. The molecule has 0 saturated carbocycles. The molecule has 0 heterocycles. The van der Waals surface area contributed by atoms with Crippen LogP contribution in [-0.4, -0.2) is 16.9 Å². The van der Waals surface area contributed by atoms with Gasteiger partial charge in [0.25, 0.3) is 0 Å². The Bertz CT molecular complexity index is 239. The maximum absolute atomic E-state index is 10.9. The van der Waals surface area contributed by atoms with Crippen LogP contribution in [0.2, 0.25) is 0 Å². The molecule has 0 rings (SSSR count). The maximum atomic E-state index is 10.9. The molecule has 0 atom stereocenters. The Kier molecular flexibility index (Phi) is 5.52. The average molecular weight is 182 g/mol. The lowest BCUT2D eigenvalue weighted by molar-refractivity contribution is -0.138. The maximum Gasteiger partial charge on any atom is 0.303 e. The van der Waals surface area contributed by atoms with Gasteiger partial charge in [0.1, 0.15) is 0 Å². The minimum atomic E-state index is -0.943.